The van der Waals surface area contributed by atoms with Gasteiger partial charge < -0.3 is 14.8 Å². The molecule has 1 N–H and O–H groups in total. The van der Waals surface area contributed by atoms with Gasteiger partial charge in [0.15, 0.2) is 11.5 Å². The lowest BCUT2D eigenvalue weighted by Gasteiger charge is -2.04. The molecule has 2 aromatic rings. The third-order valence-electron chi connectivity index (χ3n) is 2.70. The topological polar surface area (TPSA) is 60.5 Å². The van der Waals surface area contributed by atoms with Gasteiger partial charge in [0.1, 0.15) is 5.01 Å². The number of ether oxygens (including phenoxy) is 2. The highest BCUT2D eigenvalue weighted by Crippen LogP contribution is 2.32. The Labute approximate surface area is 114 Å². The summed E-state index contributed by atoms with van der Waals surface area (Å²) >= 11 is 1.54. The van der Waals surface area contributed by atoms with E-state index in [-0.39, 0.29) is 12.7 Å². The molecular formula is C13H12N2O3S. The van der Waals surface area contributed by atoms with Gasteiger partial charge in [-0.1, -0.05) is 0 Å². The van der Waals surface area contributed by atoms with E-state index in [0.29, 0.717) is 23.6 Å². The first-order valence-corrected chi connectivity index (χ1v) is 6.69. The van der Waals surface area contributed by atoms with E-state index in [2.05, 4.69) is 10.3 Å². The van der Waals surface area contributed by atoms with Crippen LogP contribution in [0, 0.1) is 6.92 Å². The standard InChI is InChI=1S/C13H12N2O3S/c1-8-6-19-12(15-8)5-14-13(16)9-2-3-10-11(4-9)18-7-17-10/h2-4,6H,5,7H2,1H3,(H,14,16). The number of hydrogen-bond donors (Lipinski definition) is 1. The lowest BCUT2D eigenvalue weighted by atomic mass is 10.2. The first-order valence-electron chi connectivity index (χ1n) is 5.81. The van der Waals surface area contributed by atoms with Gasteiger partial charge in [0.2, 0.25) is 6.79 Å². The van der Waals surface area contributed by atoms with Crippen LogP contribution in [0.3, 0.4) is 0 Å². The monoisotopic (exact) mass is 276 g/mol. The first-order chi connectivity index (χ1) is 9.22. The summed E-state index contributed by atoms with van der Waals surface area (Å²) in [5.74, 6) is 1.14. The number of nitrogens with zero attached hydrogens (tertiary/aromatic N) is 1. The summed E-state index contributed by atoms with van der Waals surface area (Å²) in [5.41, 5.74) is 1.52. The molecule has 1 aromatic carbocycles. The zero-order valence-electron chi connectivity index (χ0n) is 10.3. The fourth-order valence-electron chi connectivity index (χ4n) is 1.78. The van der Waals surface area contributed by atoms with Crippen LogP contribution >= 0.6 is 11.3 Å². The number of thiazole rings is 1. The molecule has 0 aliphatic carbocycles. The molecule has 1 aliphatic heterocycles. The molecule has 2 heterocycles. The molecule has 0 fully saturated rings. The van der Waals surface area contributed by atoms with Gasteiger partial charge in [-0.2, -0.15) is 0 Å². The van der Waals surface area contributed by atoms with Crippen molar-refractivity contribution in [3.05, 3.63) is 39.8 Å². The Morgan fingerprint density at radius 2 is 2.26 bits per heavy atom. The Morgan fingerprint density at radius 1 is 1.42 bits per heavy atom. The van der Waals surface area contributed by atoms with Gasteiger partial charge in [0, 0.05) is 16.6 Å². The normalized spacial score (nSPS) is 12.5. The largest absolute Gasteiger partial charge is 0.454 e. The zero-order chi connectivity index (χ0) is 13.2. The van der Waals surface area contributed by atoms with E-state index in [1.165, 1.54) is 11.3 Å². The average Bonchev–Trinajstić information content (AvgIpc) is 3.03. The summed E-state index contributed by atoms with van der Waals surface area (Å²) in [6.45, 7) is 2.57. The predicted molar refractivity (Wildman–Crippen MR) is 70.6 cm³/mol. The van der Waals surface area contributed by atoms with Gasteiger partial charge in [-0.3, -0.25) is 4.79 Å². The van der Waals surface area contributed by atoms with Crippen LogP contribution in [0.15, 0.2) is 23.6 Å². The molecule has 0 atom stereocenters. The Hall–Kier alpha value is -2.08. The van der Waals surface area contributed by atoms with E-state index in [1.54, 1.807) is 18.2 Å². The van der Waals surface area contributed by atoms with Gasteiger partial charge >= 0.3 is 0 Å². The maximum atomic E-state index is 12.0. The summed E-state index contributed by atoms with van der Waals surface area (Å²) in [5, 5.41) is 5.69. The zero-order valence-corrected chi connectivity index (χ0v) is 11.1. The van der Waals surface area contributed by atoms with Crippen LogP contribution in [-0.4, -0.2) is 17.7 Å². The lowest BCUT2D eigenvalue weighted by molar-refractivity contribution is 0.0950. The fourth-order valence-corrected chi connectivity index (χ4v) is 2.49. The summed E-state index contributed by atoms with van der Waals surface area (Å²) < 4.78 is 10.4. The Balaban J connectivity index is 1.67. The minimum atomic E-state index is -0.147. The van der Waals surface area contributed by atoms with Crippen molar-refractivity contribution in [1.82, 2.24) is 10.3 Å². The maximum absolute atomic E-state index is 12.0. The van der Waals surface area contributed by atoms with Gasteiger partial charge in [0.05, 0.1) is 6.54 Å². The van der Waals surface area contributed by atoms with Crippen LogP contribution in [0.25, 0.3) is 0 Å². The van der Waals surface area contributed by atoms with Crippen molar-refractivity contribution in [3.8, 4) is 11.5 Å². The summed E-state index contributed by atoms with van der Waals surface area (Å²) in [6, 6.07) is 5.14. The molecule has 0 unspecified atom stereocenters. The molecule has 6 heteroatoms. The highest BCUT2D eigenvalue weighted by molar-refractivity contribution is 7.09. The minimum absolute atomic E-state index is 0.147. The van der Waals surface area contributed by atoms with Crippen molar-refractivity contribution < 1.29 is 14.3 Å². The van der Waals surface area contributed by atoms with Crippen molar-refractivity contribution in [2.75, 3.05) is 6.79 Å². The number of fused-ring (bicyclic) bond motifs is 1. The van der Waals surface area contributed by atoms with Crippen molar-refractivity contribution in [2.45, 2.75) is 13.5 Å². The molecule has 1 aromatic heterocycles. The molecule has 0 saturated carbocycles. The van der Waals surface area contributed by atoms with E-state index in [1.807, 2.05) is 12.3 Å². The van der Waals surface area contributed by atoms with Crippen molar-refractivity contribution in [2.24, 2.45) is 0 Å². The second-order valence-electron chi connectivity index (χ2n) is 4.13. The molecule has 3 rings (SSSR count). The highest BCUT2D eigenvalue weighted by Gasteiger charge is 2.16. The van der Waals surface area contributed by atoms with Crippen LogP contribution in [0.4, 0.5) is 0 Å². The molecule has 1 aliphatic rings. The van der Waals surface area contributed by atoms with Gasteiger partial charge in [-0.25, -0.2) is 4.98 Å². The number of carbonyl (C=O) groups excluding carboxylic acids is 1. The predicted octanol–water partition coefficient (Wildman–Crippen LogP) is 2.11. The smallest absolute Gasteiger partial charge is 0.251 e. The van der Waals surface area contributed by atoms with Crippen molar-refractivity contribution >= 4 is 17.2 Å². The molecule has 1 amide bonds. The molecule has 19 heavy (non-hydrogen) atoms. The molecular weight excluding hydrogens is 264 g/mol. The van der Waals surface area contributed by atoms with Crippen LogP contribution in [-0.2, 0) is 6.54 Å². The van der Waals surface area contributed by atoms with Crippen LogP contribution in [0.5, 0.6) is 11.5 Å². The molecule has 0 saturated heterocycles. The number of nitrogens with one attached hydrogen (secondary N) is 1. The summed E-state index contributed by atoms with van der Waals surface area (Å²) in [4.78, 5) is 16.3. The molecule has 0 spiro atoms. The van der Waals surface area contributed by atoms with Crippen LogP contribution < -0.4 is 14.8 Å². The number of aromatic nitrogens is 1. The SMILES string of the molecule is Cc1csc(CNC(=O)c2ccc3c(c2)OCO3)n1. The van der Waals surface area contributed by atoms with Gasteiger partial charge in [-0.15, -0.1) is 11.3 Å². The van der Waals surface area contributed by atoms with E-state index in [9.17, 15) is 4.79 Å². The number of benzene rings is 1. The lowest BCUT2D eigenvalue weighted by Crippen LogP contribution is -2.22. The Bertz CT molecular complexity index is 624. The third kappa shape index (κ3) is 2.53. The quantitative estimate of drug-likeness (QED) is 0.932. The van der Waals surface area contributed by atoms with Crippen LogP contribution in [0.2, 0.25) is 0 Å². The first kappa shape index (κ1) is 12.0. The van der Waals surface area contributed by atoms with E-state index < -0.39 is 0 Å². The maximum Gasteiger partial charge on any atom is 0.251 e. The highest BCUT2D eigenvalue weighted by atomic mass is 32.1. The second-order valence-corrected chi connectivity index (χ2v) is 5.08. The van der Waals surface area contributed by atoms with Gasteiger partial charge in [0.25, 0.3) is 5.91 Å². The number of rotatable bonds is 3. The minimum Gasteiger partial charge on any atom is -0.454 e. The summed E-state index contributed by atoms with van der Waals surface area (Å²) in [6.07, 6.45) is 0. The Kier molecular flexibility index (Phi) is 3.08. The van der Waals surface area contributed by atoms with Crippen molar-refractivity contribution in [1.29, 1.82) is 0 Å². The Morgan fingerprint density at radius 3 is 3.05 bits per heavy atom. The van der Waals surface area contributed by atoms with E-state index in [4.69, 9.17) is 9.47 Å². The van der Waals surface area contributed by atoms with Crippen LogP contribution in [0.1, 0.15) is 21.1 Å². The average molecular weight is 276 g/mol. The van der Waals surface area contributed by atoms with E-state index in [0.717, 1.165) is 10.7 Å². The molecule has 0 bridgehead atoms. The van der Waals surface area contributed by atoms with Crippen molar-refractivity contribution in [3.63, 3.8) is 0 Å². The summed E-state index contributed by atoms with van der Waals surface area (Å²) in [7, 11) is 0. The van der Waals surface area contributed by atoms with E-state index >= 15 is 0 Å². The third-order valence-corrected chi connectivity index (χ3v) is 3.67. The number of hydrogen-bond acceptors (Lipinski definition) is 5. The number of amides is 1. The molecule has 0 radical (unpaired) electrons. The van der Waals surface area contributed by atoms with Gasteiger partial charge in [-0.05, 0) is 25.1 Å². The second kappa shape index (κ2) is 4.89. The molecule has 98 valence electrons. The fraction of sp³-hybridized carbons (Fsp3) is 0.231. The number of aryl methyl sites for hydroxylation is 1. The molecule has 5 nitrogen and oxygen atoms in total. The number of carbonyl (C=O) groups is 1.